The summed E-state index contributed by atoms with van der Waals surface area (Å²) in [7, 11) is 0. The van der Waals surface area contributed by atoms with Crippen LogP contribution in [0, 0.1) is 5.82 Å². The van der Waals surface area contributed by atoms with E-state index in [1.54, 1.807) is 0 Å². The van der Waals surface area contributed by atoms with Gasteiger partial charge < -0.3 is 11.1 Å². The number of hydrogen-bond acceptors (Lipinski definition) is 2. The lowest BCUT2D eigenvalue weighted by Crippen LogP contribution is -2.45. The smallest absolute Gasteiger partial charge is 0.252 e. The molecule has 1 atom stereocenters. The Morgan fingerprint density at radius 2 is 1.72 bits per heavy atom. The van der Waals surface area contributed by atoms with Crippen molar-refractivity contribution in [3.63, 3.8) is 0 Å². The first-order valence-corrected chi connectivity index (χ1v) is 7.86. The third kappa shape index (κ3) is 4.01. The number of carbonyl (C=O) groups is 2. The summed E-state index contributed by atoms with van der Waals surface area (Å²) < 4.78 is 13.2. The van der Waals surface area contributed by atoms with Crippen LogP contribution >= 0.6 is 0 Å². The van der Waals surface area contributed by atoms with Crippen molar-refractivity contribution in [1.82, 2.24) is 5.32 Å². The maximum absolute atomic E-state index is 13.2. The average Bonchev–Trinajstić information content (AvgIpc) is 2.61. The number of halogens is 1. The molecule has 3 aromatic carbocycles. The molecule has 0 aliphatic rings. The predicted molar refractivity (Wildman–Crippen MR) is 94.5 cm³/mol. The van der Waals surface area contributed by atoms with Crippen molar-refractivity contribution in [3.8, 4) is 0 Å². The highest BCUT2D eigenvalue weighted by Gasteiger charge is 2.20. The van der Waals surface area contributed by atoms with E-state index in [0.717, 1.165) is 22.4 Å². The van der Waals surface area contributed by atoms with Crippen molar-refractivity contribution in [2.75, 3.05) is 0 Å². The summed E-state index contributed by atoms with van der Waals surface area (Å²) in [5, 5.41) is 4.71. The molecule has 0 aliphatic carbocycles. The number of hydrogen-bond donors (Lipinski definition) is 2. The summed E-state index contributed by atoms with van der Waals surface area (Å²) in [6, 6.07) is 18.1. The second-order valence-corrected chi connectivity index (χ2v) is 5.82. The first-order valence-electron chi connectivity index (χ1n) is 7.86. The molecule has 0 saturated heterocycles. The molecule has 2 amide bonds. The van der Waals surface area contributed by atoms with Crippen LogP contribution in [0.2, 0.25) is 0 Å². The maximum Gasteiger partial charge on any atom is 0.252 e. The Kier molecular flexibility index (Phi) is 4.75. The molecule has 0 aromatic heterocycles. The Hall–Kier alpha value is -3.21. The fourth-order valence-electron chi connectivity index (χ4n) is 2.70. The van der Waals surface area contributed by atoms with Gasteiger partial charge in [-0.1, -0.05) is 48.5 Å². The minimum Gasteiger partial charge on any atom is -0.368 e. The first kappa shape index (κ1) is 16.6. The van der Waals surface area contributed by atoms with Crippen LogP contribution in [0.1, 0.15) is 15.9 Å². The van der Waals surface area contributed by atoms with Crippen molar-refractivity contribution in [3.05, 3.63) is 83.7 Å². The molecular formula is C20H17FN2O2. The van der Waals surface area contributed by atoms with Crippen molar-refractivity contribution in [1.29, 1.82) is 0 Å². The number of amides is 2. The first-order chi connectivity index (χ1) is 12.0. The van der Waals surface area contributed by atoms with Crippen LogP contribution in [-0.2, 0) is 11.2 Å². The second kappa shape index (κ2) is 7.13. The minimum atomic E-state index is -0.878. The average molecular weight is 336 g/mol. The number of primary amides is 1. The summed E-state index contributed by atoms with van der Waals surface area (Å²) in [5.74, 6) is -1.69. The zero-order valence-corrected chi connectivity index (χ0v) is 13.4. The fraction of sp³-hybridized carbons (Fsp3) is 0.100. The maximum atomic E-state index is 13.2. The molecule has 3 rings (SSSR count). The van der Waals surface area contributed by atoms with Gasteiger partial charge in [0.25, 0.3) is 5.91 Å². The summed E-state index contributed by atoms with van der Waals surface area (Å²) in [5.41, 5.74) is 6.45. The Balaban J connectivity index is 1.78. The van der Waals surface area contributed by atoms with Crippen LogP contribution in [0.4, 0.5) is 4.39 Å². The minimum absolute atomic E-state index is 0.143. The van der Waals surface area contributed by atoms with E-state index in [0.29, 0.717) is 0 Å². The molecule has 4 nitrogen and oxygen atoms in total. The second-order valence-electron chi connectivity index (χ2n) is 5.82. The van der Waals surface area contributed by atoms with E-state index in [-0.39, 0.29) is 12.0 Å². The molecule has 0 spiro atoms. The molecule has 3 N–H and O–H groups in total. The van der Waals surface area contributed by atoms with E-state index in [2.05, 4.69) is 5.32 Å². The van der Waals surface area contributed by atoms with Gasteiger partial charge in [0.2, 0.25) is 5.91 Å². The van der Waals surface area contributed by atoms with Gasteiger partial charge in [-0.05, 0) is 34.5 Å². The lowest BCUT2D eigenvalue weighted by atomic mass is 10.0. The van der Waals surface area contributed by atoms with Crippen LogP contribution in [-0.4, -0.2) is 17.9 Å². The highest BCUT2D eigenvalue weighted by atomic mass is 19.1. The molecule has 0 heterocycles. The van der Waals surface area contributed by atoms with Gasteiger partial charge in [-0.3, -0.25) is 9.59 Å². The monoisotopic (exact) mass is 336 g/mol. The summed E-state index contributed by atoms with van der Waals surface area (Å²) in [4.78, 5) is 24.0. The van der Waals surface area contributed by atoms with Gasteiger partial charge in [0.15, 0.2) is 0 Å². The molecular weight excluding hydrogens is 319 g/mol. The Morgan fingerprint density at radius 3 is 2.44 bits per heavy atom. The zero-order valence-electron chi connectivity index (χ0n) is 13.4. The SMILES string of the molecule is NC(=O)[C@@H](Cc1ccc2ccccc2c1)NC(=O)c1cccc(F)c1. The Labute approximate surface area is 144 Å². The number of fused-ring (bicyclic) bond motifs is 1. The topological polar surface area (TPSA) is 72.2 Å². The van der Waals surface area contributed by atoms with E-state index in [9.17, 15) is 14.0 Å². The van der Waals surface area contributed by atoms with E-state index < -0.39 is 23.7 Å². The molecule has 25 heavy (non-hydrogen) atoms. The molecule has 0 aliphatic heterocycles. The van der Waals surface area contributed by atoms with Crippen LogP contribution in [0.5, 0.6) is 0 Å². The number of benzene rings is 3. The van der Waals surface area contributed by atoms with Gasteiger partial charge in [0, 0.05) is 12.0 Å². The van der Waals surface area contributed by atoms with Gasteiger partial charge in [-0.25, -0.2) is 4.39 Å². The number of nitrogens with one attached hydrogen (secondary N) is 1. The van der Waals surface area contributed by atoms with Crippen molar-refractivity contribution >= 4 is 22.6 Å². The van der Waals surface area contributed by atoms with E-state index >= 15 is 0 Å². The Morgan fingerprint density at radius 1 is 0.960 bits per heavy atom. The molecule has 0 bridgehead atoms. The largest absolute Gasteiger partial charge is 0.368 e. The number of nitrogens with two attached hydrogens (primary N) is 1. The van der Waals surface area contributed by atoms with Crippen LogP contribution in [0.15, 0.2) is 66.7 Å². The molecule has 5 heteroatoms. The zero-order chi connectivity index (χ0) is 17.8. The molecule has 126 valence electrons. The lowest BCUT2D eigenvalue weighted by molar-refractivity contribution is -0.119. The quantitative estimate of drug-likeness (QED) is 0.752. The van der Waals surface area contributed by atoms with Crippen molar-refractivity contribution < 1.29 is 14.0 Å². The van der Waals surface area contributed by atoms with Gasteiger partial charge in [-0.15, -0.1) is 0 Å². The fourth-order valence-corrected chi connectivity index (χ4v) is 2.70. The predicted octanol–water partition coefficient (Wildman–Crippen LogP) is 2.81. The van der Waals surface area contributed by atoms with Gasteiger partial charge >= 0.3 is 0 Å². The molecule has 0 fully saturated rings. The van der Waals surface area contributed by atoms with E-state index in [1.807, 2.05) is 42.5 Å². The number of carbonyl (C=O) groups excluding carboxylic acids is 2. The van der Waals surface area contributed by atoms with Gasteiger partial charge in [-0.2, -0.15) is 0 Å². The van der Waals surface area contributed by atoms with Crippen LogP contribution < -0.4 is 11.1 Å². The van der Waals surface area contributed by atoms with E-state index in [1.165, 1.54) is 18.2 Å². The normalized spacial score (nSPS) is 11.9. The van der Waals surface area contributed by atoms with Gasteiger partial charge in [0.05, 0.1) is 0 Å². The highest BCUT2D eigenvalue weighted by molar-refractivity contribution is 5.97. The Bertz CT molecular complexity index is 940. The third-order valence-corrected chi connectivity index (χ3v) is 3.99. The third-order valence-electron chi connectivity index (χ3n) is 3.99. The van der Waals surface area contributed by atoms with Crippen molar-refractivity contribution in [2.24, 2.45) is 5.73 Å². The highest BCUT2D eigenvalue weighted by Crippen LogP contribution is 2.17. The lowest BCUT2D eigenvalue weighted by Gasteiger charge is -2.16. The molecule has 0 saturated carbocycles. The van der Waals surface area contributed by atoms with Gasteiger partial charge in [0.1, 0.15) is 11.9 Å². The van der Waals surface area contributed by atoms with Crippen LogP contribution in [0.25, 0.3) is 10.8 Å². The van der Waals surface area contributed by atoms with Crippen molar-refractivity contribution in [2.45, 2.75) is 12.5 Å². The molecule has 0 radical (unpaired) electrons. The number of rotatable bonds is 5. The summed E-state index contributed by atoms with van der Waals surface area (Å²) in [6.45, 7) is 0. The standard InChI is InChI=1S/C20H17FN2O2/c21-17-7-3-6-16(12-17)20(25)23-18(19(22)24)11-13-8-9-14-4-1-2-5-15(14)10-13/h1-10,12,18H,11H2,(H2,22,24)(H,23,25)/t18-/m1/s1. The summed E-state index contributed by atoms with van der Waals surface area (Å²) in [6.07, 6.45) is 0.265. The van der Waals surface area contributed by atoms with E-state index in [4.69, 9.17) is 5.73 Å². The van der Waals surface area contributed by atoms with Crippen LogP contribution in [0.3, 0.4) is 0 Å². The molecule has 0 unspecified atom stereocenters. The molecule has 3 aromatic rings. The summed E-state index contributed by atoms with van der Waals surface area (Å²) >= 11 is 0.